The number of ether oxygens (including phenoxy) is 1. The first-order valence-electron chi connectivity index (χ1n) is 8.20. The van der Waals surface area contributed by atoms with Crippen LogP contribution in [-0.4, -0.2) is 51.7 Å². The van der Waals surface area contributed by atoms with Crippen LogP contribution >= 0.6 is 0 Å². The highest BCUT2D eigenvalue weighted by Crippen LogP contribution is 2.09. The van der Waals surface area contributed by atoms with Gasteiger partial charge in [-0.15, -0.1) is 0 Å². The number of benzene rings is 1. The Morgan fingerprint density at radius 2 is 1.96 bits per heavy atom. The Morgan fingerprint density at radius 3 is 2.58 bits per heavy atom. The fourth-order valence-corrected chi connectivity index (χ4v) is 2.06. The number of nitrogens with zero attached hydrogens (tertiary/aromatic N) is 3. The van der Waals surface area contributed by atoms with Gasteiger partial charge in [-0.1, -0.05) is 6.92 Å². The fraction of sp³-hybridized carbons (Fsp3) is 0.353. The molecule has 0 aliphatic rings. The van der Waals surface area contributed by atoms with Crippen molar-refractivity contribution in [2.75, 3.05) is 13.2 Å². The van der Waals surface area contributed by atoms with Gasteiger partial charge in [0, 0.05) is 6.54 Å². The predicted molar refractivity (Wildman–Crippen MR) is 92.5 cm³/mol. The van der Waals surface area contributed by atoms with Gasteiger partial charge in [0.05, 0.1) is 11.3 Å². The normalized spacial score (nSPS) is 11.5. The van der Waals surface area contributed by atoms with Crippen LogP contribution in [0.25, 0.3) is 5.69 Å². The zero-order valence-electron chi connectivity index (χ0n) is 14.6. The molecule has 138 valence electrons. The van der Waals surface area contributed by atoms with Crippen molar-refractivity contribution < 1.29 is 19.1 Å². The van der Waals surface area contributed by atoms with Crippen molar-refractivity contribution in [1.82, 2.24) is 25.4 Å². The molecule has 9 nitrogen and oxygen atoms in total. The lowest BCUT2D eigenvalue weighted by atomic mass is 10.2. The Kier molecular flexibility index (Phi) is 6.84. The summed E-state index contributed by atoms with van der Waals surface area (Å²) in [4.78, 5) is 39.3. The average Bonchev–Trinajstić information content (AvgIpc) is 3.19. The molecular weight excluding hydrogens is 338 g/mol. The maximum absolute atomic E-state index is 12.0. The molecule has 0 saturated carbocycles. The molecular formula is C17H21N5O4. The number of carbonyl (C=O) groups excluding carboxylic acids is 3. The molecule has 2 N–H and O–H groups in total. The van der Waals surface area contributed by atoms with Crippen molar-refractivity contribution in [3.8, 4) is 5.69 Å². The van der Waals surface area contributed by atoms with Gasteiger partial charge in [0.1, 0.15) is 18.7 Å². The summed E-state index contributed by atoms with van der Waals surface area (Å²) in [5, 5.41) is 9.13. The van der Waals surface area contributed by atoms with Gasteiger partial charge < -0.3 is 15.4 Å². The van der Waals surface area contributed by atoms with Crippen LogP contribution in [0.2, 0.25) is 0 Å². The van der Waals surface area contributed by atoms with Crippen LogP contribution in [0.15, 0.2) is 36.9 Å². The summed E-state index contributed by atoms with van der Waals surface area (Å²) in [7, 11) is 0. The van der Waals surface area contributed by atoms with Gasteiger partial charge in [0.25, 0.3) is 5.91 Å². The van der Waals surface area contributed by atoms with Gasteiger partial charge in [-0.2, -0.15) is 5.10 Å². The molecule has 0 aliphatic carbocycles. The first-order valence-corrected chi connectivity index (χ1v) is 8.20. The minimum Gasteiger partial charge on any atom is -0.452 e. The molecule has 2 amide bonds. The molecule has 0 bridgehead atoms. The van der Waals surface area contributed by atoms with Crippen molar-refractivity contribution in [3.63, 3.8) is 0 Å². The summed E-state index contributed by atoms with van der Waals surface area (Å²) in [6, 6.07) is 5.81. The Bertz CT molecular complexity index is 743. The van der Waals surface area contributed by atoms with Crippen LogP contribution in [0, 0.1) is 0 Å². The van der Waals surface area contributed by atoms with Gasteiger partial charge in [0.2, 0.25) is 5.91 Å². The third kappa shape index (κ3) is 5.40. The molecule has 1 aromatic heterocycles. The van der Waals surface area contributed by atoms with Crippen molar-refractivity contribution >= 4 is 17.8 Å². The van der Waals surface area contributed by atoms with E-state index in [9.17, 15) is 14.4 Å². The summed E-state index contributed by atoms with van der Waals surface area (Å²) in [5.74, 6) is -1.46. The number of hydrogen-bond donors (Lipinski definition) is 2. The Labute approximate surface area is 150 Å². The molecule has 0 radical (unpaired) electrons. The Hall–Kier alpha value is -3.23. The summed E-state index contributed by atoms with van der Waals surface area (Å²) in [6.45, 7) is 3.57. The molecule has 0 saturated heterocycles. The van der Waals surface area contributed by atoms with E-state index in [1.807, 2.05) is 6.92 Å². The predicted octanol–water partition coefficient (Wildman–Crippen LogP) is 0.455. The van der Waals surface area contributed by atoms with Crippen LogP contribution in [-0.2, 0) is 14.3 Å². The highest BCUT2D eigenvalue weighted by atomic mass is 16.5. The van der Waals surface area contributed by atoms with Crippen molar-refractivity contribution in [2.24, 2.45) is 0 Å². The quantitative estimate of drug-likeness (QED) is 0.662. The summed E-state index contributed by atoms with van der Waals surface area (Å²) < 4.78 is 6.51. The molecule has 26 heavy (non-hydrogen) atoms. The van der Waals surface area contributed by atoms with E-state index in [-0.39, 0.29) is 5.91 Å². The van der Waals surface area contributed by atoms with E-state index in [2.05, 4.69) is 20.7 Å². The highest BCUT2D eigenvalue weighted by molar-refractivity contribution is 5.92. The lowest BCUT2D eigenvalue weighted by molar-refractivity contribution is -0.130. The van der Waals surface area contributed by atoms with Crippen LogP contribution < -0.4 is 10.6 Å². The topological polar surface area (TPSA) is 115 Å². The van der Waals surface area contributed by atoms with Crippen LogP contribution in [0.1, 0.15) is 30.6 Å². The number of aromatic nitrogens is 3. The molecule has 1 atom stereocenters. The van der Waals surface area contributed by atoms with Gasteiger partial charge >= 0.3 is 5.97 Å². The molecule has 0 unspecified atom stereocenters. The highest BCUT2D eigenvalue weighted by Gasteiger charge is 2.16. The van der Waals surface area contributed by atoms with Crippen molar-refractivity contribution in [2.45, 2.75) is 26.3 Å². The van der Waals surface area contributed by atoms with E-state index in [1.165, 1.54) is 12.7 Å². The monoisotopic (exact) mass is 359 g/mol. The summed E-state index contributed by atoms with van der Waals surface area (Å²) in [5.41, 5.74) is 1.04. The van der Waals surface area contributed by atoms with Gasteiger partial charge in [-0.05, 0) is 37.6 Å². The third-order valence-corrected chi connectivity index (χ3v) is 3.44. The van der Waals surface area contributed by atoms with E-state index < -0.39 is 24.5 Å². The van der Waals surface area contributed by atoms with E-state index in [1.54, 1.807) is 35.9 Å². The van der Waals surface area contributed by atoms with Crippen LogP contribution in [0.3, 0.4) is 0 Å². The minimum absolute atomic E-state index is 0.282. The Balaban J connectivity index is 1.80. The molecule has 0 fully saturated rings. The first-order chi connectivity index (χ1) is 12.5. The molecule has 0 spiro atoms. The lowest BCUT2D eigenvalue weighted by Gasteiger charge is -2.13. The first kappa shape index (κ1) is 19.1. The molecule has 2 aromatic rings. The summed E-state index contributed by atoms with van der Waals surface area (Å²) >= 11 is 0. The number of amides is 2. The number of carbonyl (C=O) groups is 3. The smallest absolute Gasteiger partial charge is 0.338 e. The lowest BCUT2D eigenvalue weighted by Crippen LogP contribution is -2.46. The maximum atomic E-state index is 12.0. The number of hydrogen-bond acceptors (Lipinski definition) is 6. The fourth-order valence-electron chi connectivity index (χ4n) is 2.06. The second-order valence-electron chi connectivity index (χ2n) is 5.54. The zero-order valence-corrected chi connectivity index (χ0v) is 14.6. The van der Waals surface area contributed by atoms with Gasteiger partial charge in [0.15, 0.2) is 6.61 Å². The van der Waals surface area contributed by atoms with Crippen LogP contribution in [0.4, 0.5) is 0 Å². The second-order valence-corrected chi connectivity index (χ2v) is 5.54. The Morgan fingerprint density at radius 1 is 1.23 bits per heavy atom. The molecule has 2 rings (SSSR count). The SMILES string of the molecule is CCCNC(=O)[C@@H](C)NC(=O)COC(=O)c1ccc(-n2cncn2)cc1. The zero-order chi connectivity index (χ0) is 18.9. The summed E-state index contributed by atoms with van der Waals surface area (Å²) in [6.07, 6.45) is 3.75. The standard InChI is InChI=1S/C17H21N5O4/c1-3-8-19-16(24)12(2)21-15(23)9-26-17(25)13-4-6-14(7-5-13)22-11-18-10-20-22/h4-7,10-12H,3,8-9H2,1-2H3,(H,19,24)(H,21,23)/t12-/m1/s1. The molecule has 1 aromatic carbocycles. The van der Waals surface area contributed by atoms with E-state index >= 15 is 0 Å². The number of nitrogens with one attached hydrogen (secondary N) is 2. The third-order valence-electron chi connectivity index (χ3n) is 3.44. The van der Waals surface area contributed by atoms with Crippen LogP contribution in [0.5, 0.6) is 0 Å². The molecule has 0 aliphatic heterocycles. The van der Waals surface area contributed by atoms with Crippen molar-refractivity contribution in [3.05, 3.63) is 42.5 Å². The molecule has 9 heteroatoms. The maximum Gasteiger partial charge on any atom is 0.338 e. The van der Waals surface area contributed by atoms with Gasteiger partial charge in [-0.3, -0.25) is 9.59 Å². The second kappa shape index (κ2) is 9.30. The van der Waals surface area contributed by atoms with E-state index in [4.69, 9.17) is 4.74 Å². The number of esters is 1. The largest absolute Gasteiger partial charge is 0.452 e. The molecule has 1 heterocycles. The number of rotatable bonds is 8. The van der Waals surface area contributed by atoms with Crippen molar-refractivity contribution in [1.29, 1.82) is 0 Å². The van der Waals surface area contributed by atoms with E-state index in [0.29, 0.717) is 12.1 Å². The minimum atomic E-state index is -0.699. The van der Waals surface area contributed by atoms with Gasteiger partial charge in [-0.25, -0.2) is 14.5 Å². The average molecular weight is 359 g/mol. The van der Waals surface area contributed by atoms with E-state index in [0.717, 1.165) is 12.1 Å².